The number of aromatic nitrogens is 3. The van der Waals surface area contributed by atoms with Crippen molar-refractivity contribution in [2.75, 3.05) is 7.11 Å². The maximum Gasteiger partial charge on any atom is 0.275 e. The van der Waals surface area contributed by atoms with Crippen LogP contribution in [0.3, 0.4) is 0 Å². The lowest BCUT2D eigenvalue weighted by Gasteiger charge is -2.06. The van der Waals surface area contributed by atoms with Gasteiger partial charge in [-0.25, -0.2) is 9.97 Å². The van der Waals surface area contributed by atoms with Gasteiger partial charge >= 0.3 is 0 Å². The maximum absolute atomic E-state index is 12.9. The molecule has 0 amide bonds. The summed E-state index contributed by atoms with van der Waals surface area (Å²) in [7, 11) is 1.58. The molecule has 24 heavy (non-hydrogen) atoms. The molecular weight excluding hydrogens is 414 g/mol. The summed E-state index contributed by atoms with van der Waals surface area (Å²) in [5.41, 5.74) is 1.15. The molecule has 0 atom stereocenters. The van der Waals surface area contributed by atoms with Crippen LogP contribution in [0.1, 0.15) is 0 Å². The number of thiophene rings is 1. The summed E-state index contributed by atoms with van der Waals surface area (Å²) in [5, 5.41) is 1.36. The van der Waals surface area contributed by atoms with Gasteiger partial charge in [-0.3, -0.25) is 9.36 Å². The third-order valence-corrected chi connectivity index (χ3v) is 5.52. The molecule has 8 heteroatoms. The average Bonchev–Trinajstić information content (AvgIpc) is 2.96. The van der Waals surface area contributed by atoms with E-state index in [9.17, 15) is 4.79 Å². The molecular formula is C16H9BrClN3O2S. The molecule has 0 aliphatic rings. The van der Waals surface area contributed by atoms with Crippen molar-refractivity contribution in [2.24, 2.45) is 0 Å². The Labute approximate surface area is 153 Å². The normalized spacial score (nSPS) is 11.3. The Bertz CT molecular complexity index is 1140. The summed E-state index contributed by atoms with van der Waals surface area (Å²) in [5.74, 6) is 0.627. The summed E-state index contributed by atoms with van der Waals surface area (Å²) >= 11 is 10.6. The number of rotatable bonds is 2. The van der Waals surface area contributed by atoms with Crippen molar-refractivity contribution in [2.45, 2.75) is 0 Å². The molecule has 0 aliphatic heterocycles. The van der Waals surface area contributed by atoms with Gasteiger partial charge in [0.25, 0.3) is 5.56 Å². The minimum absolute atomic E-state index is 0.150. The highest BCUT2D eigenvalue weighted by Crippen LogP contribution is 2.39. The lowest BCUT2D eigenvalue weighted by Crippen LogP contribution is -2.17. The van der Waals surface area contributed by atoms with Gasteiger partial charge in [-0.2, -0.15) is 0 Å². The molecule has 4 rings (SSSR count). The van der Waals surface area contributed by atoms with E-state index in [1.165, 1.54) is 22.2 Å². The second-order valence-electron chi connectivity index (χ2n) is 5.00. The van der Waals surface area contributed by atoms with Crippen molar-refractivity contribution in [3.8, 4) is 11.4 Å². The summed E-state index contributed by atoms with van der Waals surface area (Å²) in [6.45, 7) is 0. The van der Waals surface area contributed by atoms with E-state index in [1.54, 1.807) is 37.6 Å². The fraction of sp³-hybridized carbons (Fsp3) is 0.0625. The summed E-state index contributed by atoms with van der Waals surface area (Å²) in [6, 6.07) is 7.03. The van der Waals surface area contributed by atoms with E-state index in [0.717, 1.165) is 9.86 Å². The van der Waals surface area contributed by atoms with Gasteiger partial charge in [0.1, 0.15) is 27.1 Å². The van der Waals surface area contributed by atoms with Crippen LogP contribution in [0.4, 0.5) is 0 Å². The first-order chi connectivity index (χ1) is 11.6. The second-order valence-corrected chi connectivity index (χ2v) is 7.29. The van der Waals surface area contributed by atoms with Gasteiger partial charge in [0.15, 0.2) is 0 Å². The van der Waals surface area contributed by atoms with Crippen molar-refractivity contribution in [1.29, 1.82) is 0 Å². The average molecular weight is 423 g/mol. The van der Waals surface area contributed by atoms with Gasteiger partial charge in [-0.15, -0.1) is 11.3 Å². The fourth-order valence-corrected chi connectivity index (χ4v) is 4.15. The van der Waals surface area contributed by atoms with Crippen LogP contribution in [0.25, 0.3) is 26.1 Å². The minimum atomic E-state index is -0.150. The Morgan fingerprint density at radius 1 is 1.25 bits per heavy atom. The van der Waals surface area contributed by atoms with Crippen LogP contribution < -0.4 is 10.3 Å². The van der Waals surface area contributed by atoms with Gasteiger partial charge in [0.2, 0.25) is 0 Å². The molecule has 0 saturated heterocycles. The van der Waals surface area contributed by atoms with Crippen LogP contribution in [0.5, 0.6) is 5.75 Å². The van der Waals surface area contributed by atoms with Crippen molar-refractivity contribution >= 4 is 59.3 Å². The molecule has 0 saturated carbocycles. The highest BCUT2D eigenvalue weighted by atomic mass is 79.9. The van der Waals surface area contributed by atoms with Crippen molar-refractivity contribution in [3.05, 3.63) is 56.6 Å². The molecule has 0 spiro atoms. The number of fused-ring (bicyclic) bond motifs is 3. The van der Waals surface area contributed by atoms with E-state index < -0.39 is 0 Å². The van der Waals surface area contributed by atoms with E-state index in [-0.39, 0.29) is 5.56 Å². The zero-order valence-electron chi connectivity index (χ0n) is 12.3. The Hall–Kier alpha value is -1.96. The molecule has 120 valence electrons. The summed E-state index contributed by atoms with van der Waals surface area (Å²) in [4.78, 5) is 22.4. The standard InChI is InChI=1S/C16H9BrClN3O2S/c1-23-13-10(17)6-19-15-11(13)12-14(24-15)16(22)21(7-20-12)9-4-2-8(18)3-5-9/h2-7H,1H3. The van der Waals surface area contributed by atoms with E-state index in [0.29, 0.717) is 31.5 Å². The molecule has 1 aromatic carbocycles. The summed E-state index contributed by atoms with van der Waals surface area (Å²) < 4.78 is 8.20. The zero-order chi connectivity index (χ0) is 16.8. The highest BCUT2D eigenvalue weighted by molar-refractivity contribution is 9.10. The molecule has 0 fully saturated rings. The monoisotopic (exact) mass is 421 g/mol. The van der Waals surface area contributed by atoms with E-state index in [2.05, 4.69) is 25.9 Å². The van der Waals surface area contributed by atoms with Gasteiger partial charge in [-0.05, 0) is 40.2 Å². The van der Waals surface area contributed by atoms with E-state index >= 15 is 0 Å². The smallest absolute Gasteiger partial charge is 0.275 e. The SMILES string of the molecule is COc1c(Br)cnc2sc3c(=O)n(-c4ccc(Cl)cc4)cnc3c12. The number of hydrogen-bond acceptors (Lipinski definition) is 5. The Morgan fingerprint density at radius 2 is 2.00 bits per heavy atom. The molecule has 0 radical (unpaired) electrons. The van der Waals surface area contributed by atoms with Crippen molar-refractivity contribution in [3.63, 3.8) is 0 Å². The molecule has 0 unspecified atom stereocenters. The Balaban J connectivity index is 2.06. The molecule has 0 bridgehead atoms. The van der Waals surface area contributed by atoms with Crippen molar-refractivity contribution in [1.82, 2.24) is 14.5 Å². The number of benzene rings is 1. The molecule has 0 N–H and O–H groups in total. The largest absolute Gasteiger partial charge is 0.495 e. The van der Waals surface area contributed by atoms with E-state index in [4.69, 9.17) is 16.3 Å². The van der Waals surface area contributed by atoms with Gasteiger partial charge in [-0.1, -0.05) is 11.6 Å². The Kier molecular flexibility index (Phi) is 3.79. The quantitative estimate of drug-likeness (QED) is 0.480. The number of hydrogen-bond donors (Lipinski definition) is 0. The molecule has 3 aromatic heterocycles. The van der Waals surface area contributed by atoms with Crippen LogP contribution in [0, 0.1) is 0 Å². The third kappa shape index (κ3) is 2.31. The third-order valence-electron chi connectivity index (χ3n) is 3.63. The van der Waals surface area contributed by atoms with Gasteiger partial charge in [0, 0.05) is 11.2 Å². The van der Waals surface area contributed by atoms with Gasteiger partial charge in [0.05, 0.1) is 22.7 Å². The lowest BCUT2D eigenvalue weighted by molar-refractivity contribution is 0.417. The first-order valence-corrected chi connectivity index (χ1v) is 8.87. The number of methoxy groups -OCH3 is 1. The predicted octanol–water partition coefficient (Wildman–Crippen LogP) is 4.42. The van der Waals surface area contributed by atoms with Crippen molar-refractivity contribution < 1.29 is 4.74 Å². The van der Waals surface area contributed by atoms with Crippen LogP contribution in [0.2, 0.25) is 5.02 Å². The van der Waals surface area contributed by atoms with Crippen LogP contribution in [-0.2, 0) is 0 Å². The molecule has 4 aromatic rings. The molecule has 3 heterocycles. The molecule has 5 nitrogen and oxygen atoms in total. The number of ether oxygens (including phenoxy) is 1. The number of pyridine rings is 1. The van der Waals surface area contributed by atoms with Crippen LogP contribution in [-0.4, -0.2) is 21.6 Å². The Morgan fingerprint density at radius 3 is 2.71 bits per heavy atom. The maximum atomic E-state index is 12.9. The topological polar surface area (TPSA) is 57.0 Å². The highest BCUT2D eigenvalue weighted by Gasteiger charge is 2.18. The van der Waals surface area contributed by atoms with Crippen LogP contribution >= 0.6 is 38.9 Å². The minimum Gasteiger partial charge on any atom is -0.495 e. The molecule has 0 aliphatic carbocycles. The first-order valence-electron chi connectivity index (χ1n) is 6.88. The summed E-state index contributed by atoms with van der Waals surface area (Å²) in [6.07, 6.45) is 3.18. The number of halogens is 2. The number of nitrogens with zero attached hydrogens (tertiary/aromatic N) is 3. The first kappa shape index (κ1) is 15.6. The van der Waals surface area contributed by atoms with Crippen LogP contribution in [0.15, 0.2) is 46.1 Å². The second kappa shape index (κ2) is 5.84. The predicted molar refractivity (Wildman–Crippen MR) is 99.8 cm³/mol. The van der Waals surface area contributed by atoms with Gasteiger partial charge < -0.3 is 4.74 Å². The fourth-order valence-electron chi connectivity index (χ4n) is 2.53. The van der Waals surface area contributed by atoms with E-state index in [1.807, 2.05) is 0 Å². The zero-order valence-corrected chi connectivity index (χ0v) is 15.4. The lowest BCUT2D eigenvalue weighted by atomic mass is 10.2.